The molecule has 0 radical (unpaired) electrons. The number of benzene rings is 1. The minimum atomic E-state index is -3.72. The Bertz CT molecular complexity index is 704. The maximum atomic E-state index is 12.7. The van der Waals surface area contributed by atoms with Gasteiger partial charge in [0.15, 0.2) is 0 Å². The molecule has 0 aliphatic rings. The molecule has 6 nitrogen and oxygen atoms in total. The number of hydrogen-bond donors (Lipinski definition) is 1. The summed E-state index contributed by atoms with van der Waals surface area (Å²) in [4.78, 5) is 14.6. The number of rotatable bonds is 10. The van der Waals surface area contributed by atoms with Crippen molar-refractivity contribution in [3.8, 4) is 0 Å². The lowest BCUT2D eigenvalue weighted by Crippen LogP contribution is -2.38. The summed E-state index contributed by atoms with van der Waals surface area (Å²) >= 11 is 6.10. The summed E-state index contributed by atoms with van der Waals surface area (Å²) in [5.74, 6) is -0.308. The highest BCUT2D eigenvalue weighted by atomic mass is 35.5. The van der Waals surface area contributed by atoms with Crippen molar-refractivity contribution < 1.29 is 13.2 Å². The van der Waals surface area contributed by atoms with E-state index in [0.717, 1.165) is 13.1 Å². The van der Waals surface area contributed by atoms with Gasteiger partial charge in [-0.1, -0.05) is 32.4 Å². The average molecular weight is 404 g/mol. The van der Waals surface area contributed by atoms with Gasteiger partial charge in [-0.3, -0.25) is 9.69 Å². The first-order valence-electron chi connectivity index (χ1n) is 9.00. The molecule has 1 aromatic carbocycles. The number of sulfonamides is 1. The Labute approximate surface area is 162 Å². The Hall–Kier alpha value is -1.15. The van der Waals surface area contributed by atoms with Crippen molar-refractivity contribution >= 4 is 27.5 Å². The van der Waals surface area contributed by atoms with E-state index in [1.165, 1.54) is 16.4 Å². The minimum Gasteiger partial charge on any atom is -0.351 e. The molecule has 26 heavy (non-hydrogen) atoms. The Morgan fingerprint density at radius 1 is 1.15 bits per heavy atom. The van der Waals surface area contributed by atoms with Crippen molar-refractivity contribution in [2.24, 2.45) is 0 Å². The third kappa shape index (κ3) is 5.67. The van der Waals surface area contributed by atoms with Crippen LogP contribution in [0.4, 0.5) is 0 Å². The van der Waals surface area contributed by atoms with E-state index in [-0.39, 0.29) is 21.4 Å². The first-order chi connectivity index (χ1) is 12.2. The summed E-state index contributed by atoms with van der Waals surface area (Å²) in [6.07, 6.45) is 0. The lowest BCUT2D eigenvalue weighted by molar-refractivity contribution is 0.0945. The molecule has 8 heteroatoms. The van der Waals surface area contributed by atoms with Gasteiger partial charge in [0.1, 0.15) is 4.90 Å². The quantitative estimate of drug-likeness (QED) is 0.652. The van der Waals surface area contributed by atoms with Gasteiger partial charge in [-0.25, -0.2) is 8.42 Å². The van der Waals surface area contributed by atoms with Crippen LogP contribution in [0.25, 0.3) is 0 Å². The van der Waals surface area contributed by atoms with E-state index < -0.39 is 10.0 Å². The molecule has 1 N–H and O–H groups in total. The number of hydrogen-bond acceptors (Lipinski definition) is 4. The van der Waals surface area contributed by atoms with E-state index in [2.05, 4.69) is 31.0 Å². The molecule has 0 bridgehead atoms. The van der Waals surface area contributed by atoms with Crippen LogP contribution in [0.15, 0.2) is 23.1 Å². The summed E-state index contributed by atoms with van der Waals surface area (Å²) in [6.45, 7) is 12.6. The monoisotopic (exact) mass is 403 g/mol. The molecule has 1 aromatic rings. The number of nitrogens with one attached hydrogen (secondary N) is 1. The lowest BCUT2D eigenvalue weighted by Gasteiger charge is -2.24. The molecule has 1 amide bonds. The largest absolute Gasteiger partial charge is 0.351 e. The van der Waals surface area contributed by atoms with Crippen molar-refractivity contribution in [2.45, 2.75) is 45.6 Å². The van der Waals surface area contributed by atoms with Crippen LogP contribution in [0.3, 0.4) is 0 Å². The summed E-state index contributed by atoms with van der Waals surface area (Å²) in [7, 11) is -3.72. The van der Waals surface area contributed by atoms with E-state index >= 15 is 0 Å². The first kappa shape index (κ1) is 22.9. The zero-order valence-electron chi connectivity index (χ0n) is 16.3. The minimum absolute atomic E-state index is 0.0344. The second kappa shape index (κ2) is 10.3. The topological polar surface area (TPSA) is 69.7 Å². The molecule has 0 aromatic heterocycles. The zero-order valence-corrected chi connectivity index (χ0v) is 17.8. The van der Waals surface area contributed by atoms with Crippen molar-refractivity contribution in [3.05, 3.63) is 28.8 Å². The number of carbonyl (C=O) groups excluding carboxylic acids is 1. The van der Waals surface area contributed by atoms with E-state index in [4.69, 9.17) is 11.6 Å². The maximum Gasteiger partial charge on any atom is 0.251 e. The van der Waals surface area contributed by atoms with Crippen molar-refractivity contribution in [1.29, 1.82) is 0 Å². The molecular weight excluding hydrogens is 374 g/mol. The maximum absolute atomic E-state index is 12.7. The highest BCUT2D eigenvalue weighted by Gasteiger charge is 2.25. The van der Waals surface area contributed by atoms with Gasteiger partial charge in [0.2, 0.25) is 10.0 Å². The lowest BCUT2D eigenvalue weighted by atomic mass is 10.2. The van der Waals surface area contributed by atoms with Crippen LogP contribution < -0.4 is 5.32 Å². The second-order valence-electron chi connectivity index (χ2n) is 6.21. The molecule has 0 aliphatic carbocycles. The fourth-order valence-electron chi connectivity index (χ4n) is 2.74. The fraction of sp³-hybridized carbons (Fsp3) is 0.611. The van der Waals surface area contributed by atoms with Gasteiger partial charge < -0.3 is 5.32 Å². The third-order valence-electron chi connectivity index (χ3n) is 4.34. The van der Waals surface area contributed by atoms with Gasteiger partial charge in [0, 0.05) is 37.8 Å². The Morgan fingerprint density at radius 2 is 1.77 bits per heavy atom. The molecule has 0 fully saturated rings. The van der Waals surface area contributed by atoms with Crippen molar-refractivity contribution in [1.82, 2.24) is 14.5 Å². The fourth-order valence-corrected chi connectivity index (χ4v) is 4.70. The van der Waals surface area contributed by atoms with Crippen LogP contribution in [0.1, 0.15) is 45.0 Å². The summed E-state index contributed by atoms with van der Waals surface area (Å²) < 4.78 is 26.7. The van der Waals surface area contributed by atoms with Gasteiger partial charge in [-0.05, 0) is 38.6 Å². The van der Waals surface area contributed by atoms with Crippen molar-refractivity contribution in [3.63, 3.8) is 0 Å². The number of nitrogens with zero attached hydrogens (tertiary/aromatic N) is 2. The molecule has 148 valence electrons. The third-order valence-corrected chi connectivity index (χ3v) is 6.87. The van der Waals surface area contributed by atoms with Crippen LogP contribution >= 0.6 is 11.6 Å². The summed E-state index contributed by atoms with van der Waals surface area (Å²) in [5, 5.41) is 2.96. The number of amides is 1. The smallest absolute Gasteiger partial charge is 0.251 e. The molecule has 0 atom stereocenters. The molecule has 0 saturated heterocycles. The predicted molar refractivity (Wildman–Crippen MR) is 106 cm³/mol. The average Bonchev–Trinajstić information content (AvgIpc) is 2.59. The van der Waals surface area contributed by atoms with Gasteiger partial charge >= 0.3 is 0 Å². The second-order valence-corrected chi connectivity index (χ2v) is 8.53. The number of halogens is 1. The van der Waals surface area contributed by atoms with E-state index in [1.807, 2.05) is 0 Å². The Balaban J connectivity index is 2.94. The summed E-state index contributed by atoms with van der Waals surface area (Å²) in [6, 6.07) is 4.75. The van der Waals surface area contributed by atoms with Gasteiger partial charge in [-0.2, -0.15) is 4.31 Å². The van der Waals surface area contributed by atoms with Crippen LogP contribution in [-0.2, 0) is 10.0 Å². The van der Waals surface area contributed by atoms with Crippen molar-refractivity contribution in [2.75, 3.05) is 32.7 Å². The Kier molecular flexibility index (Phi) is 9.03. The number of likely N-dealkylation sites (N-methyl/N-ethyl adjacent to an activating group) is 1. The summed E-state index contributed by atoms with van der Waals surface area (Å²) in [5.41, 5.74) is 0.285. The Morgan fingerprint density at radius 3 is 2.27 bits per heavy atom. The molecule has 0 aliphatic heterocycles. The predicted octanol–water partition coefficient (Wildman–Crippen LogP) is 2.83. The van der Waals surface area contributed by atoms with E-state index in [9.17, 15) is 13.2 Å². The SMILES string of the molecule is CCN(CCNC(=O)c1ccc(Cl)c(S(=O)(=O)N(CC)CC)c1)C(C)C. The van der Waals surface area contributed by atoms with E-state index in [0.29, 0.717) is 25.7 Å². The van der Waals surface area contributed by atoms with Crippen LogP contribution in [0, 0.1) is 0 Å². The van der Waals surface area contributed by atoms with Crippen LogP contribution in [-0.4, -0.2) is 62.3 Å². The molecular formula is C18H30ClN3O3S. The first-order valence-corrected chi connectivity index (χ1v) is 10.8. The highest BCUT2D eigenvalue weighted by Crippen LogP contribution is 2.25. The molecule has 0 spiro atoms. The highest BCUT2D eigenvalue weighted by molar-refractivity contribution is 7.89. The molecule has 0 saturated carbocycles. The molecule has 0 heterocycles. The van der Waals surface area contributed by atoms with Crippen LogP contribution in [0.2, 0.25) is 5.02 Å². The zero-order chi connectivity index (χ0) is 19.9. The molecule has 1 rings (SSSR count). The van der Waals surface area contributed by atoms with Gasteiger partial charge in [-0.15, -0.1) is 0 Å². The van der Waals surface area contributed by atoms with Gasteiger partial charge in [0.05, 0.1) is 5.02 Å². The van der Waals surface area contributed by atoms with Gasteiger partial charge in [0.25, 0.3) is 5.91 Å². The van der Waals surface area contributed by atoms with Crippen LogP contribution in [0.5, 0.6) is 0 Å². The van der Waals surface area contributed by atoms with E-state index in [1.54, 1.807) is 19.9 Å². The standard InChI is InChI=1S/C18H30ClN3O3S/c1-6-21(14(4)5)12-11-20-18(23)15-9-10-16(19)17(13-15)26(24,25)22(7-2)8-3/h9-10,13-14H,6-8,11-12H2,1-5H3,(H,20,23). The number of carbonyl (C=O) groups is 1. The molecule has 0 unspecified atom stereocenters. The normalized spacial score (nSPS) is 12.2.